The molecule has 0 N–H and O–H groups in total. The maximum atomic E-state index is 11.7. The number of ether oxygens (including phenoxy) is 1. The lowest BCUT2D eigenvalue weighted by atomic mass is 9.53. The van der Waals surface area contributed by atoms with E-state index in [2.05, 4.69) is 6.92 Å². The van der Waals surface area contributed by atoms with Gasteiger partial charge in [-0.1, -0.05) is 6.92 Å². The maximum Gasteiger partial charge on any atom is 0.133 e. The fourth-order valence-electron chi connectivity index (χ4n) is 5.04. The van der Waals surface area contributed by atoms with Gasteiger partial charge in [-0.15, -0.1) is 0 Å². The smallest absolute Gasteiger partial charge is 0.133 e. The molecule has 0 amide bonds. The zero-order valence-electron chi connectivity index (χ0n) is 9.95. The van der Waals surface area contributed by atoms with Crippen LogP contribution in [0.25, 0.3) is 0 Å². The normalized spacial score (nSPS) is 58.8. The van der Waals surface area contributed by atoms with Crippen LogP contribution in [-0.4, -0.2) is 18.0 Å². The fourth-order valence-corrected chi connectivity index (χ4v) is 5.04. The molecule has 4 fully saturated rings. The van der Waals surface area contributed by atoms with Gasteiger partial charge in [-0.3, -0.25) is 4.79 Å². The average molecular weight is 220 g/mol. The van der Waals surface area contributed by atoms with E-state index in [0.29, 0.717) is 35.2 Å². The van der Waals surface area contributed by atoms with Crippen molar-refractivity contribution >= 4 is 5.78 Å². The molecule has 0 aromatic rings. The van der Waals surface area contributed by atoms with Crippen LogP contribution in [0.5, 0.6) is 0 Å². The zero-order valence-corrected chi connectivity index (χ0v) is 9.95. The molecule has 3 aliphatic carbocycles. The lowest BCUT2D eigenvalue weighted by Crippen LogP contribution is -2.45. The molecule has 88 valence electrons. The van der Waals surface area contributed by atoms with Crippen molar-refractivity contribution < 1.29 is 9.53 Å². The summed E-state index contributed by atoms with van der Waals surface area (Å²) in [5, 5.41) is 0. The Bertz CT molecular complexity index is 351. The highest BCUT2D eigenvalue weighted by molar-refractivity contribution is 5.81. The molecule has 0 aromatic carbocycles. The molecule has 1 heterocycles. The molecule has 4 aliphatic rings. The highest BCUT2D eigenvalue weighted by Gasteiger charge is 2.60. The lowest BCUT2D eigenvalue weighted by Gasteiger charge is -2.50. The number of fused-ring (bicyclic) bond motifs is 4. The van der Waals surface area contributed by atoms with Gasteiger partial charge in [0.15, 0.2) is 0 Å². The first-order chi connectivity index (χ1) is 7.67. The molecule has 6 atom stereocenters. The average Bonchev–Trinajstić information content (AvgIpc) is 2.85. The van der Waals surface area contributed by atoms with Crippen LogP contribution >= 0.6 is 0 Å². The number of epoxide rings is 1. The van der Waals surface area contributed by atoms with Crippen LogP contribution in [0.3, 0.4) is 0 Å². The van der Waals surface area contributed by atoms with Gasteiger partial charge < -0.3 is 4.74 Å². The molecule has 0 unspecified atom stereocenters. The van der Waals surface area contributed by atoms with Gasteiger partial charge in [-0.05, 0) is 48.9 Å². The summed E-state index contributed by atoms with van der Waals surface area (Å²) in [6, 6.07) is 0. The van der Waals surface area contributed by atoms with Crippen LogP contribution in [0.1, 0.15) is 45.4 Å². The number of rotatable bonds is 0. The quantitative estimate of drug-likeness (QED) is 0.587. The first kappa shape index (κ1) is 9.64. The third-order valence-corrected chi connectivity index (χ3v) is 6.02. The van der Waals surface area contributed by atoms with Gasteiger partial charge in [0.2, 0.25) is 0 Å². The Morgan fingerprint density at radius 2 is 2.12 bits per heavy atom. The molecule has 2 nitrogen and oxygen atoms in total. The van der Waals surface area contributed by atoms with E-state index in [1.807, 2.05) is 0 Å². The van der Waals surface area contributed by atoms with Crippen LogP contribution in [0.4, 0.5) is 0 Å². The van der Waals surface area contributed by atoms with Crippen LogP contribution in [0.15, 0.2) is 0 Å². The van der Waals surface area contributed by atoms with Crippen molar-refractivity contribution in [2.45, 2.75) is 57.7 Å². The van der Waals surface area contributed by atoms with Crippen molar-refractivity contribution in [1.82, 2.24) is 0 Å². The van der Waals surface area contributed by atoms with Gasteiger partial charge in [-0.25, -0.2) is 0 Å². The summed E-state index contributed by atoms with van der Waals surface area (Å²) in [5.74, 6) is 2.76. The van der Waals surface area contributed by atoms with E-state index in [-0.39, 0.29) is 0 Å². The molecular formula is C14H20O2. The van der Waals surface area contributed by atoms with E-state index >= 15 is 0 Å². The van der Waals surface area contributed by atoms with Gasteiger partial charge in [0.1, 0.15) is 5.78 Å². The Morgan fingerprint density at radius 3 is 3.00 bits per heavy atom. The van der Waals surface area contributed by atoms with Gasteiger partial charge in [0.05, 0.1) is 12.2 Å². The molecule has 16 heavy (non-hydrogen) atoms. The number of hydrogen-bond acceptors (Lipinski definition) is 2. The van der Waals surface area contributed by atoms with E-state index in [9.17, 15) is 4.79 Å². The highest BCUT2D eigenvalue weighted by Crippen LogP contribution is 2.62. The van der Waals surface area contributed by atoms with Gasteiger partial charge in [-0.2, -0.15) is 0 Å². The topological polar surface area (TPSA) is 29.6 Å². The van der Waals surface area contributed by atoms with E-state index < -0.39 is 0 Å². The van der Waals surface area contributed by atoms with Crippen molar-refractivity contribution in [2.24, 2.45) is 23.2 Å². The van der Waals surface area contributed by atoms with Crippen molar-refractivity contribution in [1.29, 1.82) is 0 Å². The summed E-state index contributed by atoms with van der Waals surface area (Å²) in [4.78, 5) is 11.7. The summed E-state index contributed by atoms with van der Waals surface area (Å²) in [6.07, 6.45) is 8.04. The Hall–Kier alpha value is -0.370. The first-order valence-electron chi connectivity index (χ1n) is 6.84. The fraction of sp³-hybridized carbons (Fsp3) is 0.929. The first-order valence-corrected chi connectivity index (χ1v) is 6.84. The predicted octanol–water partition coefficient (Wildman–Crippen LogP) is 2.56. The third-order valence-electron chi connectivity index (χ3n) is 6.02. The minimum atomic E-state index is 0.423. The van der Waals surface area contributed by atoms with E-state index in [0.717, 1.165) is 18.8 Å². The monoisotopic (exact) mass is 220 g/mol. The van der Waals surface area contributed by atoms with Gasteiger partial charge >= 0.3 is 0 Å². The second kappa shape index (κ2) is 2.90. The Labute approximate surface area is 96.7 Å². The number of ketones is 1. The summed E-state index contributed by atoms with van der Waals surface area (Å²) in [7, 11) is 0. The summed E-state index contributed by atoms with van der Waals surface area (Å²) in [6.45, 7) is 2.45. The second-order valence-electron chi connectivity index (χ2n) is 6.75. The number of hydrogen-bond donors (Lipinski definition) is 0. The predicted molar refractivity (Wildman–Crippen MR) is 59.9 cm³/mol. The molecule has 0 bridgehead atoms. The molecule has 0 spiro atoms. The molecule has 0 radical (unpaired) electrons. The standard InChI is InChI=1S/C14H20O2/c1-14-7-13-12(16-13)5-9(14)3-2-8-4-10(15)6-11(8)14/h8-9,11-13H,2-7H2,1H3/t8-,9-,11-,12-,13+,14-/m0/s1. The minimum absolute atomic E-state index is 0.423. The van der Waals surface area contributed by atoms with E-state index in [1.165, 1.54) is 25.7 Å². The van der Waals surface area contributed by atoms with Gasteiger partial charge in [0, 0.05) is 12.8 Å². The largest absolute Gasteiger partial charge is 0.370 e. The zero-order chi connectivity index (χ0) is 10.9. The van der Waals surface area contributed by atoms with Crippen LogP contribution < -0.4 is 0 Å². The minimum Gasteiger partial charge on any atom is -0.370 e. The Balaban J connectivity index is 1.67. The molecule has 4 rings (SSSR count). The highest BCUT2D eigenvalue weighted by atomic mass is 16.6. The van der Waals surface area contributed by atoms with Gasteiger partial charge in [0.25, 0.3) is 0 Å². The van der Waals surface area contributed by atoms with Crippen molar-refractivity contribution in [3.05, 3.63) is 0 Å². The molecular weight excluding hydrogens is 200 g/mol. The summed E-state index contributed by atoms with van der Waals surface area (Å²) < 4.78 is 5.73. The number of Topliss-reactive ketones (excluding diaryl/α,β-unsaturated/α-hetero) is 1. The Morgan fingerprint density at radius 1 is 1.25 bits per heavy atom. The molecule has 2 heteroatoms. The van der Waals surface area contributed by atoms with E-state index in [4.69, 9.17) is 4.74 Å². The maximum absolute atomic E-state index is 11.7. The van der Waals surface area contributed by atoms with Crippen LogP contribution in [0.2, 0.25) is 0 Å². The SMILES string of the molecule is C[C@]12C[C@H]3O[C@H]3C[C@@H]1CC[C@H]1CC(=O)C[C@@H]12. The lowest BCUT2D eigenvalue weighted by molar-refractivity contribution is -0.118. The summed E-state index contributed by atoms with van der Waals surface area (Å²) in [5.41, 5.74) is 0.423. The molecule has 0 aromatic heterocycles. The number of carbonyl (C=O) groups excluding carboxylic acids is 1. The molecule has 1 saturated heterocycles. The number of carbonyl (C=O) groups is 1. The van der Waals surface area contributed by atoms with Crippen LogP contribution in [-0.2, 0) is 9.53 Å². The van der Waals surface area contributed by atoms with Crippen molar-refractivity contribution in [2.75, 3.05) is 0 Å². The molecule has 1 aliphatic heterocycles. The van der Waals surface area contributed by atoms with Crippen molar-refractivity contribution in [3.63, 3.8) is 0 Å². The third kappa shape index (κ3) is 1.14. The van der Waals surface area contributed by atoms with E-state index in [1.54, 1.807) is 0 Å². The van der Waals surface area contributed by atoms with Crippen molar-refractivity contribution in [3.8, 4) is 0 Å². The summed E-state index contributed by atoms with van der Waals surface area (Å²) >= 11 is 0. The Kier molecular flexibility index (Phi) is 1.75. The molecule has 3 saturated carbocycles. The van der Waals surface area contributed by atoms with Crippen LogP contribution in [0, 0.1) is 23.2 Å². The second-order valence-corrected chi connectivity index (χ2v) is 6.75.